The first-order valence-corrected chi connectivity index (χ1v) is 5.62. The maximum Gasteiger partial charge on any atom is 0.229 e. The minimum atomic E-state index is -0.316. The number of hydrogen-bond acceptors (Lipinski definition) is 5. The molecule has 0 aliphatic heterocycles. The van der Waals surface area contributed by atoms with E-state index >= 15 is 0 Å². The average molecular weight is 268 g/mol. The molecule has 2 rings (SSSR count). The van der Waals surface area contributed by atoms with Gasteiger partial charge in [-0.1, -0.05) is 18.2 Å². The number of rotatable bonds is 3. The monoisotopic (exact) mass is 267 g/mol. The van der Waals surface area contributed by atoms with E-state index in [-0.39, 0.29) is 29.0 Å². The largest absolute Gasteiger partial charge is 0.368 e. The fourth-order valence-corrected chi connectivity index (χ4v) is 1.69. The number of nitrogens with one attached hydrogen (secondary N) is 1. The van der Waals surface area contributed by atoms with Gasteiger partial charge in [-0.05, 0) is 24.6 Å². The van der Waals surface area contributed by atoms with E-state index < -0.39 is 0 Å². The van der Waals surface area contributed by atoms with Crippen LogP contribution in [0.15, 0.2) is 24.3 Å². The Balaban J connectivity index is 2.21. The second-order valence-electron chi connectivity index (χ2n) is 3.67. The molecular weight excluding hydrogens is 257 g/mol. The van der Waals surface area contributed by atoms with E-state index in [4.69, 9.17) is 17.3 Å². The van der Waals surface area contributed by atoms with Gasteiger partial charge in [0.15, 0.2) is 0 Å². The third-order valence-electron chi connectivity index (χ3n) is 2.34. The van der Waals surface area contributed by atoms with E-state index in [9.17, 15) is 4.39 Å². The van der Waals surface area contributed by atoms with E-state index in [0.29, 0.717) is 5.56 Å². The summed E-state index contributed by atoms with van der Waals surface area (Å²) in [7, 11) is 0. The van der Waals surface area contributed by atoms with Gasteiger partial charge >= 0.3 is 0 Å². The fourth-order valence-electron chi connectivity index (χ4n) is 1.53. The first kappa shape index (κ1) is 12.5. The third-order valence-corrected chi connectivity index (χ3v) is 2.51. The zero-order chi connectivity index (χ0) is 13.1. The molecule has 2 aromatic rings. The SMILES string of the molecule is CC(Nc1nc(N)nc(Cl)n1)c1ccccc1F. The number of aromatic nitrogens is 3. The molecule has 7 heteroatoms. The number of nitrogen functional groups attached to an aromatic ring is 1. The number of hydrogen-bond donors (Lipinski definition) is 2. The third kappa shape index (κ3) is 2.84. The van der Waals surface area contributed by atoms with E-state index in [2.05, 4.69) is 20.3 Å². The lowest BCUT2D eigenvalue weighted by atomic mass is 10.1. The first-order valence-electron chi connectivity index (χ1n) is 5.24. The molecule has 0 bridgehead atoms. The van der Waals surface area contributed by atoms with Crippen LogP contribution in [-0.2, 0) is 0 Å². The van der Waals surface area contributed by atoms with Crippen molar-refractivity contribution in [2.75, 3.05) is 11.1 Å². The summed E-state index contributed by atoms with van der Waals surface area (Å²) in [6.07, 6.45) is 0. The molecule has 0 spiro atoms. The van der Waals surface area contributed by atoms with Gasteiger partial charge in [0, 0.05) is 5.56 Å². The topological polar surface area (TPSA) is 76.7 Å². The fraction of sp³-hybridized carbons (Fsp3) is 0.182. The zero-order valence-corrected chi connectivity index (χ0v) is 10.3. The van der Waals surface area contributed by atoms with Gasteiger partial charge in [0.1, 0.15) is 5.82 Å². The number of anilines is 2. The summed E-state index contributed by atoms with van der Waals surface area (Å²) in [6, 6.07) is 6.14. The van der Waals surface area contributed by atoms with E-state index in [1.807, 2.05) is 0 Å². The van der Waals surface area contributed by atoms with Crippen LogP contribution in [0.25, 0.3) is 0 Å². The quantitative estimate of drug-likeness (QED) is 0.893. The molecule has 0 fully saturated rings. The normalized spacial score (nSPS) is 12.2. The lowest BCUT2D eigenvalue weighted by molar-refractivity contribution is 0.599. The molecule has 1 aromatic carbocycles. The molecule has 0 amide bonds. The molecule has 3 N–H and O–H groups in total. The highest BCUT2D eigenvalue weighted by Crippen LogP contribution is 2.20. The lowest BCUT2D eigenvalue weighted by Gasteiger charge is -2.14. The van der Waals surface area contributed by atoms with Gasteiger partial charge in [-0.2, -0.15) is 15.0 Å². The summed E-state index contributed by atoms with van der Waals surface area (Å²) >= 11 is 5.65. The molecule has 1 unspecified atom stereocenters. The summed E-state index contributed by atoms with van der Waals surface area (Å²) < 4.78 is 13.6. The Bertz CT molecular complexity index is 543. The zero-order valence-electron chi connectivity index (χ0n) is 9.56. The van der Waals surface area contributed by atoms with E-state index in [1.165, 1.54) is 6.07 Å². The summed E-state index contributed by atoms with van der Waals surface area (Å²) in [4.78, 5) is 11.4. The highest BCUT2D eigenvalue weighted by atomic mass is 35.5. The molecule has 0 aliphatic carbocycles. The minimum absolute atomic E-state index is 0.00858. The van der Waals surface area contributed by atoms with Crippen molar-refractivity contribution >= 4 is 23.5 Å². The predicted molar refractivity (Wildman–Crippen MR) is 67.7 cm³/mol. The lowest BCUT2D eigenvalue weighted by Crippen LogP contribution is -2.12. The molecule has 0 saturated carbocycles. The van der Waals surface area contributed by atoms with Crippen LogP contribution in [0.2, 0.25) is 5.28 Å². The molecule has 18 heavy (non-hydrogen) atoms. The number of nitrogens with two attached hydrogens (primary N) is 1. The van der Waals surface area contributed by atoms with Crippen LogP contribution in [0.3, 0.4) is 0 Å². The highest BCUT2D eigenvalue weighted by molar-refractivity contribution is 6.28. The van der Waals surface area contributed by atoms with Crippen LogP contribution in [0.4, 0.5) is 16.3 Å². The Morgan fingerprint density at radius 2 is 2.00 bits per heavy atom. The van der Waals surface area contributed by atoms with Crippen molar-refractivity contribution < 1.29 is 4.39 Å². The summed E-state index contributed by atoms with van der Waals surface area (Å²) in [6.45, 7) is 1.78. The molecule has 0 saturated heterocycles. The van der Waals surface area contributed by atoms with Gasteiger partial charge in [-0.3, -0.25) is 0 Å². The van der Waals surface area contributed by atoms with Crippen LogP contribution < -0.4 is 11.1 Å². The second kappa shape index (κ2) is 5.14. The average Bonchev–Trinajstić information content (AvgIpc) is 2.27. The molecular formula is C11H11ClFN5. The van der Waals surface area contributed by atoms with Crippen molar-refractivity contribution in [3.63, 3.8) is 0 Å². The summed E-state index contributed by atoms with van der Waals surface area (Å²) in [5, 5.41) is 2.91. The molecule has 1 aromatic heterocycles. The highest BCUT2D eigenvalue weighted by Gasteiger charge is 2.12. The molecule has 94 valence electrons. The maximum absolute atomic E-state index is 13.6. The molecule has 0 aliphatic rings. The van der Waals surface area contributed by atoms with Gasteiger partial charge in [-0.25, -0.2) is 4.39 Å². The first-order chi connectivity index (χ1) is 8.56. The Morgan fingerprint density at radius 3 is 2.67 bits per heavy atom. The minimum Gasteiger partial charge on any atom is -0.368 e. The standard InChI is InChI=1S/C11H11ClFN5/c1-6(7-4-2-3-5-8(7)13)15-11-17-9(12)16-10(14)18-11/h2-6H,1H3,(H3,14,15,16,17,18). The summed E-state index contributed by atoms with van der Waals surface area (Å²) in [5.41, 5.74) is 5.95. The van der Waals surface area contributed by atoms with Crippen molar-refractivity contribution in [2.45, 2.75) is 13.0 Å². The van der Waals surface area contributed by atoms with Crippen molar-refractivity contribution in [3.8, 4) is 0 Å². The number of nitrogens with zero attached hydrogens (tertiary/aromatic N) is 3. The van der Waals surface area contributed by atoms with Gasteiger partial charge in [0.25, 0.3) is 0 Å². The number of halogens is 2. The molecule has 1 heterocycles. The van der Waals surface area contributed by atoms with Crippen molar-refractivity contribution in [1.29, 1.82) is 0 Å². The van der Waals surface area contributed by atoms with Crippen LogP contribution >= 0.6 is 11.6 Å². The van der Waals surface area contributed by atoms with Gasteiger partial charge < -0.3 is 11.1 Å². The predicted octanol–water partition coefficient (Wildman–Crippen LogP) is 2.42. The van der Waals surface area contributed by atoms with Crippen molar-refractivity contribution in [1.82, 2.24) is 15.0 Å². The van der Waals surface area contributed by atoms with Gasteiger partial charge in [-0.15, -0.1) is 0 Å². The second-order valence-corrected chi connectivity index (χ2v) is 4.01. The molecule has 1 atom stereocenters. The van der Waals surface area contributed by atoms with Crippen LogP contribution in [-0.4, -0.2) is 15.0 Å². The van der Waals surface area contributed by atoms with Gasteiger partial charge in [0.2, 0.25) is 17.2 Å². The van der Waals surface area contributed by atoms with Gasteiger partial charge in [0.05, 0.1) is 6.04 Å². The Hall–Kier alpha value is -1.95. The Labute approximate surface area is 108 Å². The smallest absolute Gasteiger partial charge is 0.229 e. The van der Waals surface area contributed by atoms with E-state index in [0.717, 1.165) is 0 Å². The van der Waals surface area contributed by atoms with Crippen LogP contribution in [0, 0.1) is 5.82 Å². The van der Waals surface area contributed by atoms with Crippen LogP contribution in [0.5, 0.6) is 0 Å². The number of benzene rings is 1. The Kier molecular flexibility index (Phi) is 3.57. The molecule has 5 nitrogen and oxygen atoms in total. The van der Waals surface area contributed by atoms with Crippen molar-refractivity contribution in [2.24, 2.45) is 0 Å². The Morgan fingerprint density at radius 1 is 1.28 bits per heavy atom. The molecule has 0 radical (unpaired) electrons. The van der Waals surface area contributed by atoms with E-state index in [1.54, 1.807) is 25.1 Å². The maximum atomic E-state index is 13.6. The van der Waals surface area contributed by atoms with Crippen molar-refractivity contribution in [3.05, 3.63) is 40.9 Å². The van der Waals surface area contributed by atoms with Crippen LogP contribution in [0.1, 0.15) is 18.5 Å². The summed E-state index contributed by atoms with van der Waals surface area (Å²) in [5.74, 6) is -0.0767.